The van der Waals surface area contributed by atoms with Gasteiger partial charge in [-0.05, 0) is 13.8 Å². The maximum absolute atomic E-state index is 12.0. The van der Waals surface area contributed by atoms with Gasteiger partial charge in [0.2, 0.25) is 0 Å². The minimum atomic E-state index is -3.72. The van der Waals surface area contributed by atoms with E-state index in [9.17, 15) is 8.76 Å². The van der Waals surface area contributed by atoms with Crippen LogP contribution in [0.5, 0.6) is 0 Å². The summed E-state index contributed by atoms with van der Waals surface area (Å²) in [7, 11) is -3.72. The maximum atomic E-state index is 12.0. The maximum Gasteiger partial charge on any atom is 0.364 e. The van der Waals surface area contributed by atoms with Crippen LogP contribution >= 0.6 is 7.68 Å². The molecule has 0 heterocycles. The summed E-state index contributed by atoms with van der Waals surface area (Å²) in [4.78, 5) is 0. The Morgan fingerprint density at radius 3 is 1.89 bits per heavy atom. The van der Waals surface area contributed by atoms with Crippen LogP contribution in [-0.4, -0.2) is 12.8 Å². The molecule has 0 spiro atoms. The van der Waals surface area contributed by atoms with Crippen LogP contribution < -0.4 is 0 Å². The second-order valence-corrected chi connectivity index (χ2v) is 3.61. The van der Waals surface area contributed by atoms with E-state index in [0.29, 0.717) is 0 Å². The molecule has 54 valence electrons. The molecule has 0 amide bonds. The number of hydrogen-bond acceptors (Lipinski definition) is 2. The van der Waals surface area contributed by atoms with Crippen molar-refractivity contribution in [3.8, 4) is 0 Å². The third-order valence-corrected chi connectivity index (χ3v) is 1.20. The minimum Gasteiger partial charge on any atom is -0.303 e. The van der Waals surface area contributed by atoms with Gasteiger partial charge in [0.1, 0.15) is 0 Å². The summed E-state index contributed by atoms with van der Waals surface area (Å²) < 4.78 is 26.4. The molecule has 1 unspecified atom stereocenters. The first-order valence-electron chi connectivity index (χ1n) is 2.37. The zero-order valence-electron chi connectivity index (χ0n) is 5.72. The first-order chi connectivity index (χ1) is 3.42. The van der Waals surface area contributed by atoms with Gasteiger partial charge < -0.3 is 4.52 Å². The van der Waals surface area contributed by atoms with Crippen LogP contribution in [0.2, 0.25) is 0 Å². The van der Waals surface area contributed by atoms with Crippen molar-refractivity contribution in [3.05, 3.63) is 0 Å². The average Bonchev–Trinajstić information content (AvgIpc) is 1.21. The molecule has 0 fully saturated rings. The summed E-state index contributed by atoms with van der Waals surface area (Å²) in [6.07, 6.45) is -0.296. The van der Waals surface area contributed by atoms with Crippen molar-refractivity contribution < 1.29 is 39.1 Å². The average molecular weight is 319 g/mol. The van der Waals surface area contributed by atoms with E-state index in [-0.39, 0.29) is 31.9 Å². The molecule has 0 bridgehead atoms. The minimum absolute atomic E-state index is 0. The Balaban J connectivity index is 0. The van der Waals surface area contributed by atoms with Crippen molar-refractivity contribution in [1.29, 1.82) is 0 Å². The third kappa shape index (κ3) is 12.2. The van der Waals surface area contributed by atoms with E-state index in [4.69, 9.17) is 0 Å². The summed E-state index contributed by atoms with van der Waals surface area (Å²) in [6, 6.07) is 0. The summed E-state index contributed by atoms with van der Waals surface area (Å²) in [5.41, 5.74) is 0. The smallest absolute Gasteiger partial charge is 0.303 e. The Kier molecular flexibility index (Phi) is 6.68. The molecular weight excluding hydrogens is 309 g/mol. The normalized spacial score (nSPS) is 16.6. The number of halogens is 1. The summed E-state index contributed by atoms with van der Waals surface area (Å²) >= 11 is 0. The summed E-state index contributed by atoms with van der Waals surface area (Å²) in [6.45, 7) is 4.22. The molecule has 0 saturated carbocycles. The predicted molar refractivity (Wildman–Crippen MR) is 30.9 cm³/mol. The van der Waals surface area contributed by atoms with Crippen molar-refractivity contribution in [1.82, 2.24) is 0 Å². The fraction of sp³-hybridized carbons (Fsp3) is 1.00. The van der Waals surface area contributed by atoms with E-state index in [0.717, 1.165) is 6.66 Å². The summed E-state index contributed by atoms with van der Waals surface area (Å²) in [5.74, 6) is 0. The van der Waals surface area contributed by atoms with Crippen molar-refractivity contribution in [2.24, 2.45) is 0 Å². The standard InChI is InChI=1S/C4H10FO2P.Hf/c1-4(2)7-8(3,5)6;/h4H,1-3H3;. The van der Waals surface area contributed by atoms with Crippen LogP contribution in [0.25, 0.3) is 0 Å². The van der Waals surface area contributed by atoms with Crippen molar-refractivity contribution >= 4 is 7.68 Å². The van der Waals surface area contributed by atoms with Gasteiger partial charge in [-0.15, -0.1) is 0 Å². The van der Waals surface area contributed by atoms with Gasteiger partial charge in [-0.3, -0.25) is 4.57 Å². The van der Waals surface area contributed by atoms with Crippen LogP contribution in [0.15, 0.2) is 0 Å². The molecule has 0 aromatic carbocycles. The van der Waals surface area contributed by atoms with Crippen LogP contribution in [-0.2, 0) is 34.9 Å². The molecule has 0 aromatic rings. The van der Waals surface area contributed by atoms with Crippen molar-refractivity contribution in [2.45, 2.75) is 20.0 Å². The van der Waals surface area contributed by atoms with E-state index >= 15 is 0 Å². The van der Waals surface area contributed by atoms with Gasteiger partial charge in [0.15, 0.2) is 0 Å². The zero-order valence-corrected chi connectivity index (χ0v) is 10.2. The molecule has 0 aliphatic carbocycles. The monoisotopic (exact) mass is 320 g/mol. The molecule has 0 N–H and O–H groups in total. The quantitative estimate of drug-likeness (QED) is 0.576. The molecule has 1 atom stereocenters. The van der Waals surface area contributed by atoms with E-state index in [1.165, 1.54) is 0 Å². The Hall–Kier alpha value is 0.990. The van der Waals surface area contributed by atoms with Crippen molar-refractivity contribution in [2.75, 3.05) is 6.66 Å². The predicted octanol–water partition coefficient (Wildman–Crippen LogP) is 2.20. The van der Waals surface area contributed by atoms with Crippen LogP contribution in [0.1, 0.15) is 13.8 Å². The van der Waals surface area contributed by atoms with E-state index in [1.54, 1.807) is 13.8 Å². The van der Waals surface area contributed by atoms with Gasteiger partial charge in [-0.2, -0.15) is 4.20 Å². The van der Waals surface area contributed by atoms with E-state index < -0.39 is 7.68 Å². The third-order valence-electron chi connectivity index (χ3n) is 0.399. The van der Waals surface area contributed by atoms with Crippen LogP contribution in [0.3, 0.4) is 0 Å². The Bertz CT molecular complexity index is 111. The fourth-order valence-corrected chi connectivity index (χ4v) is 1.13. The van der Waals surface area contributed by atoms with Gasteiger partial charge in [0.25, 0.3) is 0 Å². The molecule has 9 heavy (non-hydrogen) atoms. The van der Waals surface area contributed by atoms with E-state index in [1.807, 2.05) is 0 Å². The molecule has 2 nitrogen and oxygen atoms in total. The Morgan fingerprint density at radius 2 is 1.89 bits per heavy atom. The SMILES string of the molecule is CC(C)OP(C)(=O)F.[Hf]. The van der Waals surface area contributed by atoms with Crippen LogP contribution in [0, 0.1) is 0 Å². The van der Waals surface area contributed by atoms with Gasteiger partial charge in [-0.25, -0.2) is 0 Å². The van der Waals surface area contributed by atoms with Crippen molar-refractivity contribution in [3.63, 3.8) is 0 Å². The first-order valence-corrected chi connectivity index (χ1v) is 4.33. The Labute approximate surface area is 73.5 Å². The molecule has 5 heteroatoms. The van der Waals surface area contributed by atoms with E-state index in [2.05, 4.69) is 4.52 Å². The largest absolute Gasteiger partial charge is 0.364 e. The van der Waals surface area contributed by atoms with Gasteiger partial charge in [-0.1, -0.05) is 0 Å². The second kappa shape index (κ2) is 4.75. The van der Waals surface area contributed by atoms with Crippen LogP contribution in [0.4, 0.5) is 4.20 Å². The molecule has 0 aliphatic heterocycles. The molecule has 0 radical (unpaired) electrons. The topological polar surface area (TPSA) is 26.3 Å². The summed E-state index contributed by atoms with van der Waals surface area (Å²) in [5, 5.41) is 0. The fourth-order valence-electron chi connectivity index (χ4n) is 0.377. The van der Waals surface area contributed by atoms with Gasteiger partial charge in [0, 0.05) is 32.5 Å². The molecule has 0 aliphatic rings. The first kappa shape index (κ1) is 12.6. The zero-order chi connectivity index (χ0) is 6.78. The second-order valence-electron chi connectivity index (χ2n) is 1.90. The molecule has 0 rings (SSSR count). The molecule has 0 aromatic heterocycles. The van der Waals surface area contributed by atoms with Gasteiger partial charge in [0.05, 0.1) is 6.10 Å². The van der Waals surface area contributed by atoms with Gasteiger partial charge >= 0.3 is 7.68 Å². The molecular formula is C4H10FHfO2P. The molecule has 0 saturated heterocycles. The number of hydrogen-bond donors (Lipinski definition) is 0. The number of rotatable bonds is 2. The Morgan fingerprint density at radius 1 is 1.56 bits per heavy atom.